The number of hydrogen-bond donors (Lipinski definition) is 1. The molecular weight excluding hydrogens is 187 g/mol. The Bertz CT molecular complexity index is 229. The third kappa shape index (κ3) is 1.50. The summed E-state index contributed by atoms with van der Waals surface area (Å²) in [5.41, 5.74) is 1.95. The van der Waals surface area contributed by atoms with E-state index in [1.165, 1.54) is 0 Å². The van der Waals surface area contributed by atoms with Crippen molar-refractivity contribution in [3.05, 3.63) is 11.2 Å². The zero-order chi connectivity index (χ0) is 8.65. The van der Waals surface area contributed by atoms with Gasteiger partial charge >= 0.3 is 0 Å². The third-order valence-electron chi connectivity index (χ3n) is 1.54. The van der Waals surface area contributed by atoms with Crippen LogP contribution in [0.1, 0.15) is 6.92 Å². The van der Waals surface area contributed by atoms with E-state index in [0.29, 0.717) is 5.16 Å². The van der Waals surface area contributed by atoms with E-state index in [9.17, 15) is 4.79 Å². The number of nitrogens with one attached hydrogen (secondary N) is 1. The van der Waals surface area contributed by atoms with Gasteiger partial charge in [0.05, 0.1) is 0 Å². The van der Waals surface area contributed by atoms with Crippen LogP contribution in [0, 0.1) is 0 Å². The Balaban J connectivity index is 2.88. The Morgan fingerprint density at radius 2 is 2.36 bits per heavy atom. The summed E-state index contributed by atoms with van der Waals surface area (Å²) in [6.07, 6.45) is 1.57. The second-order valence-corrected chi connectivity index (χ2v) is 3.34. The summed E-state index contributed by atoms with van der Waals surface area (Å²) >= 11 is 11.0. The van der Waals surface area contributed by atoms with Crippen LogP contribution in [0.5, 0.6) is 0 Å². The average Bonchev–Trinajstić information content (AvgIpc) is 2.09. The van der Waals surface area contributed by atoms with E-state index in [0.717, 1.165) is 0 Å². The van der Waals surface area contributed by atoms with Crippen LogP contribution in [0.25, 0.3) is 0 Å². The van der Waals surface area contributed by atoms with Crippen LogP contribution < -0.4 is 5.43 Å². The molecule has 0 aromatic rings. The van der Waals surface area contributed by atoms with Gasteiger partial charge in [-0.3, -0.25) is 4.79 Å². The molecule has 11 heavy (non-hydrogen) atoms. The second-order valence-electron chi connectivity index (χ2n) is 2.61. The van der Waals surface area contributed by atoms with Crippen LogP contribution in [0.2, 0.25) is 0 Å². The highest BCUT2D eigenvalue weighted by molar-refractivity contribution is 6.66. The zero-order valence-corrected chi connectivity index (χ0v) is 7.70. The predicted molar refractivity (Wildman–Crippen MR) is 44.1 cm³/mol. The fourth-order valence-corrected chi connectivity index (χ4v) is 1.23. The molecule has 1 rings (SSSR count). The molecule has 1 N–H and O–H groups in total. The Morgan fingerprint density at radius 3 is 2.55 bits per heavy atom. The van der Waals surface area contributed by atoms with E-state index in [1.54, 1.807) is 25.1 Å². The molecule has 1 unspecified atom stereocenters. The fraction of sp³-hybridized carbons (Fsp3) is 0.500. The van der Waals surface area contributed by atoms with E-state index in [4.69, 9.17) is 23.2 Å². The van der Waals surface area contributed by atoms with E-state index in [2.05, 4.69) is 5.43 Å². The molecule has 0 bridgehead atoms. The van der Waals surface area contributed by atoms with Gasteiger partial charge in [-0.15, -0.1) is 0 Å². The molecule has 0 aromatic carbocycles. The summed E-state index contributed by atoms with van der Waals surface area (Å²) in [5, 5.41) is 1.54. The molecule has 0 saturated carbocycles. The number of hydrogen-bond acceptors (Lipinski definition) is 3. The monoisotopic (exact) mass is 194 g/mol. The van der Waals surface area contributed by atoms with Crippen molar-refractivity contribution in [2.75, 3.05) is 7.05 Å². The van der Waals surface area contributed by atoms with E-state index in [1.807, 2.05) is 0 Å². The number of nitrogens with zero attached hydrogens (tertiary/aromatic N) is 1. The van der Waals surface area contributed by atoms with Crippen LogP contribution in [0.3, 0.4) is 0 Å². The fourth-order valence-electron chi connectivity index (χ4n) is 0.870. The Labute approximate surface area is 74.9 Å². The minimum atomic E-state index is -0.854. The van der Waals surface area contributed by atoms with Crippen molar-refractivity contribution in [1.29, 1.82) is 0 Å². The Hall–Kier alpha value is -0.250. The quantitative estimate of drug-likeness (QED) is 0.501. The topological polar surface area (TPSA) is 32.3 Å². The van der Waals surface area contributed by atoms with Crippen molar-refractivity contribution in [2.24, 2.45) is 0 Å². The van der Waals surface area contributed by atoms with Gasteiger partial charge in [0.1, 0.15) is 10.7 Å². The molecule has 0 radical (unpaired) electrons. The lowest BCUT2D eigenvalue weighted by Crippen LogP contribution is -2.47. The molecular formula is C6H8Cl2N2O. The normalized spacial score (nSPS) is 30.5. The molecule has 0 amide bonds. The first-order chi connectivity index (χ1) is 4.96. The minimum absolute atomic E-state index is 0.472. The van der Waals surface area contributed by atoms with Crippen molar-refractivity contribution >= 4 is 28.4 Å². The number of carbonyl (C=O) groups excluding carboxylic acids is 1. The Morgan fingerprint density at radius 1 is 1.82 bits per heavy atom. The lowest BCUT2D eigenvalue weighted by Gasteiger charge is -2.20. The summed E-state index contributed by atoms with van der Waals surface area (Å²) in [6, 6.07) is 0. The van der Waals surface area contributed by atoms with Gasteiger partial charge in [-0.2, -0.15) is 0 Å². The highest BCUT2D eigenvalue weighted by Gasteiger charge is 2.36. The standard InChI is InChI=1S/C6H8Cl2N2O/c1-6(5(8)11)3-4(7)10(2)9-6/h3,9H,1-2H3. The van der Waals surface area contributed by atoms with E-state index < -0.39 is 10.8 Å². The molecule has 62 valence electrons. The molecule has 0 aromatic heterocycles. The zero-order valence-electron chi connectivity index (χ0n) is 6.19. The molecule has 3 nitrogen and oxygen atoms in total. The molecule has 1 aliphatic heterocycles. The van der Waals surface area contributed by atoms with Gasteiger partial charge in [-0.05, 0) is 24.6 Å². The summed E-state index contributed by atoms with van der Waals surface area (Å²) in [7, 11) is 1.71. The number of hydrazine groups is 1. The maximum Gasteiger partial charge on any atom is 0.247 e. The Kier molecular flexibility index (Phi) is 2.14. The van der Waals surface area contributed by atoms with Crippen molar-refractivity contribution in [3.63, 3.8) is 0 Å². The van der Waals surface area contributed by atoms with Gasteiger partial charge in [0, 0.05) is 7.05 Å². The van der Waals surface area contributed by atoms with Gasteiger partial charge in [0.2, 0.25) is 5.24 Å². The van der Waals surface area contributed by atoms with Crippen LogP contribution in [-0.2, 0) is 4.79 Å². The summed E-state index contributed by atoms with van der Waals surface area (Å²) < 4.78 is 0. The van der Waals surface area contributed by atoms with E-state index >= 15 is 0 Å². The van der Waals surface area contributed by atoms with Crippen LogP contribution in [0.4, 0.5) is 0 Å². The second kappa shape index (κ2) is 2.66. The smallest absolute Gasteiger partial charge is 0.247 e. The third-order valence-corrected chi connectivity index (χ3v) is 2.29. The first-order valence-corrected chi connectivity index (χ1v) is 3.81. The van der Waals surface area contributed by atoms with Gasteiger partial charge in [0.15, 0.2) is 0 Å². The minimum Gasteiger partial charge on any atom is -0.300 e. The highest BCUT2D eigenvalue weighted by Crippen LogP contribution is 2.23. The summed E-state index contributed by atoms with van der Waals surface area (Å²) in [5.74, 6) is 0. The van der Waals surface area contributed by atoms with Crippen molar-refractivity contribution in [1.82, 2.24) is 10.4 Å². The van der Waals surface area contributed by atoms with Crippen molar-refractivity contribution in [3.8, 4) is 0 Å². The first kappa shape index (κ1) is 8.84. The van der Waals surface area contributed by atoms with Crippen LogP contribution in [0.15, 0.2) is 11.2 Å². The molecule has 0 aliphatic carbocycles. The molecule has 0 saturated heterocycles. The van der Waals surface area contributed by atoms with Gasteiger partial charge in [-0.25, -0.2) is 5.43 Å². The summed E-state index contributed by atoms with van der Waals surface area (Å²) in [4.78, 5) is 10.8. The average molecular weight is 195 g/mol. The first-order valence-electron chi connectivity index (χ1n) is 3.05. The number of carbonyl (C=O) groups is 1. The largest absolute Gasteiger partial charge is 0.300 e. The molecule has 0 fully saturated rings. The van der Waals surface area contributed by atoms with Gasteiger partial charge in [0.25, 0.3) is 0 Å². The van der Waals surface area contributed by atoms with Crippen LogP contribution >= 0.6 is 23.2 Å². The molecule has 1 aliphatic rings. The molecule has 1 atom stereocenters. The van der Waals surface area contributed by atoms with Crippen LogP contribution in [-0.4, -0.2) is 22.8 Å². The van der Waals surface area contributed by atoms with Crippen molar-refractivity contribution < 1.29 is 4.79 Å². The lowest BCUT2D eigenvalue weighted by molar-refractivity contribution is -0.116. The number of rotatable bonds is 1. The summed E-state index contributed by atoms with van der Waals surface area (Å²) in [6.45, 7) is 1.66. The molecule has 0 spiro atoms. The highest BCUT2D eigenvalue weighted by atomic mass is 35.5. The molecule has 5 heteroatoms. The van der Waals surface area contributed by atoms with E-state index in [-0.39, 0.29) is 0 Å². The predicted octanol–water partition coefficient (Wildman–Crippen LogP) is 1.04. The SMILES string of the molecule is CN1NC(C)(C(=O)Cl)C=C1Cl. The lowest BCUT2D eigenvalue weighted by atomic mass is 10.1. The van der Waals surface area contributed by atoms with Gasteiger partial charge in [-0.1, -0.05) is 11.6 Å². The number of halogens is 2. The molecule has 1 heterocycles. The van der Waals surface area contributed by atoms with Crippen molar-refractivity contribution in [2.45, 2.75) is 12.5 Å². The van der Waals surface area contributed by atoms with Gasteiger partial charge < -0.3 is 5.01 Å². The maximum atomic E-state index is 10.8. The maximum absolute atomic E-state index is 10.8.